The molecule has 0 aromatic carbocycles. The minimum absolute atomic E-state index is 0.0743. The molecule has 0 aliphatic heterocycles. The summed E-state index contributed by atoms with van der Waals surface area (Å²) in [5.74, 6) is 0. The Labute approximate surface area is 108 Å². The molecule has 0 spiro atoms. The predicted octanol–water partition coefficient (Wildman–Crippen LogP) is 0.740. The lowest BCUT2D eigenvalue weighted by atomic mass is 10.3. The molecule has 2 rings (SSSR count). The molecule has 102 valence electrons. The van der Waals surface area contributed by atoms with Crippen LogP contribution in [0.25, 0.3) is 0 Å². The normalized spacial score (nSPS) is 17.4. The first-order chi connectivity index (χ1) is 8.63. The minimum atomic E-state index is -3.47. The second-order valence-corrected chi connectivity index (χ2v) is 6.26. The summed E-state index contributed by atoms with van der Waals surface area (Å²) in [6, 6.07) is 0.0743. The lowest BCUT2D eigenvalue weighted by Gasteiger charge is -2.12. The van der Waals surface area contributed by atoms with E-state index in [1.165, 1.54) is 0 Å². The van der Waals surface area contributed by atoms with Gasteiger partial charge in [0.2, 0.25) is 0 Å². The Bertz CT molecular complexity index is 477. The summed E-state index contributed by atoms with van der Waals surface area (Å²) in [5, 5.41) is 9.71. The van der Waals surface area contributed by atoms with Gasteiger partial charge in [-0.3, -0.25) is 5.10 Å². The number of aromatic amines is 1. The van der Waals surface area contributed by atoms with Crippen LogP contribution in [-0.2, 0) is 16.6 Å². The van der Waals surface area contributed by atoms with Gasteiger partial charge in [0.15, 0.2) is 5.03 Å². The summed E-state index contributed by atoms with van der Waals surface area (Å²) in [6.07, 6.45) is 5.61. The molecule has 1 fully saturated rings. The predicted molar refractivity (Wildman–Crippen MR) is 68.5 cm³/mol. The fourth-order valence-electron chi connectivity index (χ4n) is 2.24. The first-order valence-corrected chi connectivity index (χ1v) is 7.87. The molecule has 6 nitrogen and oxygen atoms in total. The average Bonchev–Trinajstić information content (AvgIpc) is 2.96. The van der Waals surface area contributed by atoms with Crippen molar-refractivity contribution in [2.75, 3.05) is 6.54 Å². The lowest BCUT2D eigenvalue weighted by molar-refractivity contribution is 0.546. The highest BCUT2D eigenvalue weighted by atomic mass is 32.2. The maximum Gasteiger partial charge on any atom is 0.258 e. The zero-order valence-electron chi connectivity index (χ0n) is 10.6. The van der Waals surface area contributed by atoms with Crippen LogP contribution in [0.4, 0.5) is 0 Å². The van der Waals surface area contributed by atoms with Crippen molar-refractivity contribution < 1.29 is 8.42 Å². The van der Waals surface area contributed by atoms with Crippen LogP contribution in [0.3, 0.4) is 0 Å². The monoisotopic (exact) mass is 272 g/mol. The molecule has 1 heterocycles. The van der Waals surface area contributed by atoms with Crippen molar-refractivity contribution in [2.24, 2.45) is 0 Å². The first-order valence-electron chi connectivity index (χ1n) is 6.39. The molecule has 0 saturated heterocycles. The van der Waals surface area contributed by atoms with Gasteiger partial charge in [-0.1, -0.05) is 19.8 Å². The van der Waals surface area contributed by atoms with E-state index >= 15 is 0 Å². The van der Waals surface area contributed by atoms with Gasteiger partial charge in [-0.05, 0) is 19.4 Å². The molecule has 7 heteroatoms. The highest BCUT2D eigenvalue weighted by Gasteiger charge is 2.26. The molecule has 0 radical (unpaired) electrons. The van der Waals surface area contributed by atoms with Gasteiger partial charge in [0.1, 0.15) is 0 Å². The quantitative estimate of drug-likeness (QED) is 0.713. The largest absolute Gasteiger partial charge is 0.313 e. The molecular formula is C11H20N4O2S. The second kappa shape index (κ2) is 5.81. The average molecular weight is 272 g/mol. The van der Waals surface area contributed by atoms with E-state index in [4.69, 9.17) is 0 Å². The van der Waals surface area contributed by atoms with Crippen molar-refractivity contribution in [1.29, 1.82) is 0 Å². The van der Waals surface area contributed by atoms with Crippen LogP contribution in [0.15, 0.2) is 11.2 Å². The third-order valence-electron chi connectivity index (χ3n) is 3.19. The number of hydrogen-bond acceptors (Lipinski definition) is 4. The van der Waals surface area contributed by atoms with E-state index in [1.54, 1.807) is 6.20 Å². The smallest absolute Gasteiger partial charge is 0.258 e. The van der Waals surface area contributed by atoms with E-state index in [1.807, 2.05) is 6.92 Å². The summed E-state index contributed by atoms with van der Waals surface area (Å²) in [6.45, 7) is 3.28. The van der Waals surface area contributed by atoms with Crippen LogP contribution in [0.1, 0.15) is 38.2 Å². The van der Waals surface area contributed by atoms with Gasteiger partial charge in [0.05, 0.1) is 6.20 Å². The van der Waals surface area contributed by atoms with Gasteiger partial charge in [-0.2, -0.15) is 5.10 Å². The van der Waals surface area contributed by atoms with Crippen molar-refractivity contribution in [2.45, 2.75) is 50.2 Å². The van der Waals surface area contributed by atoms with Crippen molar-refractivity contribution in [3.8, 4) is 0 Å². The van der Waals surface area contributed by atoms with Crippen LogP contribution in [0.5, 0.6) is 0 Å². The standard InChI is InChI=1S/C11H20N4O2S/c1-2-12-7-9-8-13-14-11(9)18(16,17)15-10-5-3-4-6-10/h8,10,12,15H,2-7H2,1H3,(H,13,14). The van der Waals surface area contributed by atoms with E-state index in [-0.39, 0.29) is 11.1 Å². The van der Waals surface area contributed by atoms with Crippen molar-refractivity contribution >= 4 is 10.0 Å². The Hall–Kier alpha value is -0.920. The van der Waals surface area contributed by atoms with Gasteiger partial charge in [-0.15, -0.1) is 0 Å². The zero-order chi connectivity index (χ0) is 13.0. The Kier molecular flexibility index (Phi) is 4.36. The summed E-state index contributed by atoms with van der Waals surface area (Å²) in [5.41, 5.74) is 0.683. The van der Waals surface area contributed by atoms with Crippen LogP contribution >= 0.6 is 0 Å². The second-order valence-electron chi connectivity index (χ2n) is 4.61. The van der Waals surface area contributed by atoms with Crippen LogP contribution < -0.4 is 10.0 Å². The topological polar surface area (TPSA) is 86.9 Å². The molecule has 18 heavy (non-hydrogen) atoms. The SMILES string of the molecule is CCNCc1cn[nH]c1S(=O)(=O)NC1CCCC1. The molecule has 1 aliphatic carbocycles. The molecule has 0 atom stereocenters. The lowest BCUT2D eigenvalue weighted by Crippen LogP contribution is -2.33. The molecule has 1 saturated carbocycles. The number of aromatic nitrogens is 2. The van der Waals surface area contributed by atoms with E-state index in [0.29, 0.717) is 12.1 Å². The van der Waals surface area contributed by atoms with Crippen LogP contribution in [-0.4, -0.2) is 31.2 Å². The fraction of sp³-hybridized carbons (Fsp3) is 0.727. The summed E-state index contributed by atoms with van der Waals surface area (Å²) >= 11 is 0. The van der Waals surface area contributed by atoms with Gasteiger partial charge in [0, 0.05) is 18.2 Å². The van der Waals surface area contributed by atoms with Gasteiger partial charge >= 0.3 is 0 Å². The van der Waals surface area contributed by atoms with Gasteiger partial charge in [-0.25, -0.2) is 13.1 Å². The van der Waals surface area contributed by atoms with Gasteiger partial charge in [0.25, 0.3) is 10.0 Å². The third kappa shape index (κ3) is 3.09. The molecule has 1 aromatic heterocycles. The molecule has 0 amide bonds. The van der Waals surface area contributed by atoms with Crippen molar-refractivity contribution in [1.82, 2.24) is 20.2 Å². The maximum atomic E-state index is 12.2. The molecule has 0 bridgehead atoms. The van der Waals surface area contributed by atoms with Crippen LogP contribution in [0, 0.1) is 0 Å². The van der Waals surface area contributed by atoms with E-state index in [2.05, 4.69) is 20.2 Å². The summed E-state index contributed by atoms with van der Waals surface area (Å²) < 4.78 is 27.2. The Morgan fingerprint density at radius 2 is 2.17 bits per heavy atom. The number of nitrogens with one attached hydrogen (secondary N) is 3. The van der Waals surface area contributed by atoms with Crippen molar-refractivity contribution in [3.63, 3.8) is 0 Å². The Morgan fingerprint density at radius 3 is 2.83 bits per heavy atom. The molecule has 1 aromatic rings. The highest BCUT2D eigenvalue weighted by molar-refractivity contribution is 7.89. The Balaban J connectivity index is 2.10. The fourth-order valence-corrected chi connectivity index (χ4v) is 3.67. The Morgan fingerprint density at radius 1 is 1.44 bits per heavy atom. The maximum absolute atomic E-state index is 12.2. The molecule has 1 aliphatic rings. The number of H-pyrrole nitrogens is 1. The van der Waals surface area contributed by atoms with E-state index < -0.39 is 10.0 Å². The minimum Gasteiger partial charge on any atom is -0.313 e. The first kappa shape index (κ1) is 13.5. The number of rotatable bonds is 6. The number of sulfonamides is 1. The van der Waals surface area contributed by atoms with E-state index in [9.17, 15) is 8.42 Å². The van der Waals surface area contributed by atoms with Crippen LogP contribution in [0.2, 0.25) is 0 Å². The third-order valence-corrected chi connectivity index (χ3v) is 4.72. The summed E-state index contributed by atoms with van der Waals surface area (Å²) in [7, 11) is -3.47. The molecule has 0 unspecified atom stereocenters. The zero-order valence-corrected chi connectivity index (χ0v) is 11.4. The number of nitrogens with zero attached hydrogens (tertiary/aromatic N) is 1. The highest BCUT2D eigenvalue weighted by Crippen LogP contribution is 2.20. The van der Waals surface area contributed by atoms with Gasteiger partial charge < -0.3 is 5.32 Å². The van der Waals surface area contributed by atoms with E-state index in [0.717, 1.165) is 32.2 Å². The summed E-state index contributed by atoms with van der Waals surface area (Å²) in [4.78, 5) is 0. The number of hydrogen-bond donors (Lipinski definition) is 3. The molecule has 3 N–H and O–H groups in total. The van der Waals surface area contributed by atoms with Crippen molar-refractivity contribution in [3.05, 3.63) is 11.8 Å². The molecular weight excluding hydrogens is 252 g/mol.